The Labute approximate surface area is 139 Å². The predicted octanol–water partition coefficient (Wildman–Crippen LogP) is 3.69. The highest BCUT2D eigenvalue weighted by Gasteiger charge is 2.20. The van der Waals surface area contributed by atoms with E-state index in [1.54, 1.807) is 25.3 Å². The normalized spacial score (nSPS) is 10.9. The number of ether oxygens (including phenoxy) is 1. The highest BCUT2D eigenvalue weighted by atomic mass is 19.1. The van der Waals surface area contributed by atoms with E-state index >= 15 is 0 Å². The Balaban J connectivity index is 1.74. The number of benzene rings is 2. The van der Waals surface area contributed by atoms with Gasteiger partial charge in [0, 0.05) is 24.6 Å². The van der Waals surface area contributed by atoms with Crippen LogP contribution in [0.5, 0.6) is 0 Å². The lowest BCUT2D eigenvalue weighted by Gasteiger charge is -2.06. The zero-order chi connectivity index (χ0) is 16.9. The van der Waals surface area contributed by atoms with Crippen molar-refractivity contribution < 1.29 is 18.3 Å². The number of hydrogen-bond donors (Lipinski definition) is 1. The number of carbonyl (C=O) groups is 1. The van der Waals surface area contributed by atoms with E-state index in [0.717, 1.165) is 10.9 Å². The second-order valence-electron chi connectivity index (χ2n) is 5.44. The minimum Gasteiger partial charge on any atom is -0.451 e. The van der Waals surface area contributed by atoms with Crippen molar-refractivity contribution in [3.05, 3.63) is 71.2 Å². The highest BCUT2D eigenvalue weighted by Crippen LogP contribution is 2.26. The molecule has 1 heterocycles. The Bertz CT molecular complexity index is 857. The predicted molar refractivity (Wildman–Crippen MR) is 89.4 cm³/mol. The van der Waals surface area contributed by atoms with Crippen LogP contribution in [0.4, 0.5) is 4.39 Å². The molecule has 0 radical (unpaired) electrons. The van der Waals surface area contributed by atoms with E-state index in [-0.39, 0.29) is 24.1 Å². The molecular weight excluding hydrogens is 309 g/mol. The highest BCUT2D eigenvalue weighted by molar-refractivity contribution is 5.99. The monoisotopic (exact) mass is 327 g/mol. The van der Waals surface area contributed by atoms with E-state index in [9.17, 15) is 9.18 Å². The third kappa shape index (κ3) is 3.31. The van der Waals surface area contributed by atoms with E-state index in [0.29, 0.717) is 24.1 Å². The summed E-state index contributed by atoms with van der Waals surface area (Å²) in [6.07, 6.45) is 0.415. The van der Waals surface area contributed by atoms with E-state index in [4.69, 9.17) is 9.15 Å². The summed E-state index contributed by atoms with van der Waals surface area (Å²) in [5.41, 5.74) is 1.93. The molecule has 124 valence electrons. The molecule has 0 atom stereocenters. The second-order valence-corrected chi connectivity index (χ2v) is 5.44. The van der Waals surface area contributed by atoms with Gasteiger partial charge in [0.15, 0.2) is 5.76 Å². The summed E-state index contributed by atoms with van der Waals surface area (Å²) in [5.74, 6) is -0.350. The van der Waals surface area contributed by atoms with Gasteiger partial charge in [-0.3, -0.25) is 4.79 Å². The molecule has 0 fully saturated rings. The van der Waals surface area contributed by atoms with Gasteiger partial charge in [-0.15, -0.1) is 0 Å². The smallest absolute Gasteiger partial charge is 0.287 e. The molecular formula is C19H18FNO3. The van der Waals surface area contributed by atoms with Gasteiger partial charge in [0.05, 0.1) is 6.61 Å². The van der Waals surface area contributed by atoms with Crippen LogP contribution in [0, 0.1) is 5.82 Å². The third-order valence-electron chi connectivity index (χ3n) is 3.83. The van der Waals surface area contributed by atoms with Crippen LogP contribution in [0.3, 0.4) is 0 Å². The summed E-state index contributed by atoms with van der Waals surface area (Å²) in [4.78, 5) is 12.4. The first kappa shape index (κ1) is 16.2. The molecule has 4 nitrogen and oxygen atoms in total. The first-order valence-corrected chi connectivity index (χ1v) is 7.71. The lowest BCUT2D eigenvalue weighted by molar-refractivity contribution is 0.0922. The summed E-state index contributed by atoms with van der Waals surface area (Å²) in [6, 6.07) is 14.0. The van der Waals surface area contributed by atoms with Crippen molar-refractivity contribution in [1.82, 2.24) is 5.32 Å². The lowest BCUT2D eigenvalue weighted by Crippen LogP contribution is -2.26. The van der Waals surface area contributed by atoms with E-state index < -0.39 is 0 Å². The van der Waals surface area contributed by atoms with Crippen LogP contribution in [0.2, 0.25) is 0 Å². The zero-order valence-electron chi connectivity index (χ0n) is 13.3. The molecule has 0 aliphatic carbocycles. The minimum atomic E-state index is -0.324. The second kappa shape index (κ2) is 7.27. The molecule has 0 saturated carbocycles. The molecule has 1 aromatic heterocycles. The third-order valence-corrected chi connectivity index (χ3v) is 3.83. The number of para-hydroxylation sites is 1. The fraction of sp³-hybridized carbons (Fsp3) is 0.211. The number of nitrogens with one attached hydrogen (secondary N) is 1. The summed E-state index contributed by atoms with van der Waals surface area (Å²) in [6.45, 7) is 0.607. The maximum Gasteiger partial charge on any atom is 0.287 e. The standard InChI is InChI=1S/C19H18FNO3/c1-23-12-15-14-7-3-5-9-17(14)24-18(15)19(22)21-11-10-13-6-2-4-8-16(13)20/h2-9H,10-12H2,1H3,(H,21,22). The van der Waals surface area contributed by atoms with Gasteiger partial charge in [-0.1, -0.05) is 36.4 Å². The summed E-state index contributed by atoms with van der Waals surface area (Å²) in [5, 5.41) is 3.64. The topological polar surface area (TPSA) is 51.5 Å². The van der Waals surface area contributed by atoms with Crippen molar-refractivity contribution >= 4 is 16.9 Å². The molecule has 24 heavy (non-hydrogen) atoms. The number of methoxy groups -OCH3 is 1. The fourth-order valence-corrected chi connectivity index (χ4v) is 2.66. The average Bonchev–Trinajstić information content (AvgIpc) is 2.96. The molecule has 1 N–H and O–H groups in total. The molecule has 0 spiro atoms. The maximum absolute atomic E-state index is 13.6. The Kier molecular flexibility index (Phi) is 4.91. The molecule has 5 heteroatoms. The Morgan fingerprint density at radius 3 is 2.71 bits per heavy atom. The molecule has 0 aliphatic rings. The Hall–Kier alpha value is -2.66. The number of carbonyl (C=O) groups excluding carboxylic acids is 1. The van der Waals surface area contributed by atoms with Crippen LogP contribution in [0.1, 0.15) is 21.7 Å². The minimum absolute atomic E-state index is 0.242. The van der Waals surface area contributed by atoms with Gasteiger partial charge in [-0.2, -0.15) is 0 Å². The van der Waals surface area contributed by atoms with Crippen LogP contribution < -0.4 is 5.32 Å². The van der Waals surface area contributed by atoms with Crippen LogP contribution in [-0.4, -0.2) is 19.6 Å². The zero-order valence-corrected chi connectivity index (χ0v) is 13.3. The van der Waals surface area contributed by atoms with Gasteiger partial charge >= 0.3 is 0 Å². The van der Waals surface area contributed by atoms with Gasteiger partial charge in [0.2, 0.25) is 0 Å². The van der Waals surface area contributed by atoms with Crippen LogP contribution in [0.15, 0.2) is 52.9 Å². The van der Waals surface area contributed by atoms with Gasteiger partial charge in [0.1, 0.15) is 11.4 Å². The number of fused-ring (bicyclic) bond motifs is 1. The molecule has 0 saturated heterocycles. The van der Waals surface area contributed by atoms with Gasteiger partial charge in [-0.05, 0) is 24.1 Å². The number of halogens is 1. The van der Waals surface area contributed by atoms with Crippen molar-refractivity contribution in [2.45, 2.75) is 13.0 Å². The largest absolute Gasteiger partial charge is 0.451 e. The first-order valence-electron chi connectivity index (χ1n) is 7.71. The SMILES string of the molecule is COCc1c(C(=O)NCCc2ccccc2F)oc2ccccc12. The Morgan fingerprint density at radius 1 is 1.17 bits per heavy atom. The number of hydrogen-bond acceptors (Lipinski definition) is 3. The molecule has 3 aromatic rings. The fourth-order valence-electron chi connectivity index (χ4n) is 2.66. The average molecular weight is 327 g/mol. The van der Waals surface area contributed by atoms with Crippen molar-refractivity contribution in [2.75, 3.05) is 13.7 Å². The van der Waals surface area contributed by atoms with Crippen molar-refractivity contribution in [2.24, 2.45) is 0 Å². The van der Waals surface area contributed by atoms with Crippen molar-refractivity contribution in [3.63, 3.8) is 0 Å². The van der Waals surface area contributed by atoms with Gasteiger partial charge in [-0.25, -0.2) is 4.39 Å². The molecule has 1 amide bonds. The van der Waals surface area contributed by atoms with E-state index in [2.05, 4.69) is 5.32 Å². The van der Waals surface area contributed by atoms with Crippen LogP contribution >= 0.6 is 0 Å². The molecule has 3 rings (SSSR count). The maximum atomic E-state index is 13.6. The Morgan fingerprint density at radius 2 is 1.92 bits per heavy atom. The van der Waals surface area contributed by atoms with Crippen LogP contribution in [-0.2, 0) is 17.8 Å². The number of furan rings is 1. The van der Waals surface area contributed by atoms with E-state index in [1.807, 2.05) is 24.3 Å². The molecule has 2 aromatic carbocycles. The van der Waals surface area contributed by atoms with Crippen LogP contribution in [0.25, 0.3) is 11.0 Å². The number of rotatable bonds is 6. The van der Waals surface area contributed by atoms with Crippen molar-refractivity contribution in [3.8, 4) is 0 Å². The quantitative estimate of drug-likeness (QED) is 0.751. The first-order chi connectivity index (χ1) is 11.7. The lowest BCUT2D eigenvalue weighted by atomic mass is 10.1. The number of amides is 1. The molecule has 0 bridgehead atoms. The molecule has 0 aliphatic heterocycles. The van der Waals surface area contributed by atoms with Gasteiger partial charge < -0.3 is 14.5 Å². The van der Waals surface area contributed by atoms with Gasteiger partial charge in [0.25, 0.3) is 5.91 Å². The van der Waals surface area contributed by atoms with Crippen molar-refractivity contribution in [1.29, 1.82) is 0 Å². The summed E-state index contributed by atoms with van der Waals surface area (Å²) < 4.78 is 24.5. The summed E-state index contributed by atoms with van der Waals surface area (Å²) >= 11 is 0. The molecule has 0 unspecified atom stereocenters. The summed E-state index contributed by atoms with van der Waals surface area (Å²) in [7, 11) is 1.57. The van der Waals surface area contributed by atoms with E-state index in [1.165, 1.54) is 6.07 Å².